The Morgan fingerprint density at radius 1 is 1.21 bits per heavy atom. The van der Waals surface area contributed by atoms with E-state index in [-0.39, 0.29) is 11.7 Å². The molecule has 0 aliphatic carbocycles. The summed E-state index contributed by atoms with van der Waals surface area (Å²) < 4.78 is 14.8. The molecule has 0 fully saturated rings. The van der Waals surface area contributed by atoms with Crippen molar-refractivity contribution >= 4 is 28.9 Å². The molecule has 3 aromatic rings. The second-order valence-electron chi connectivity index (χ2n) is 6.39. The maximum absolute atomic E-state index is 13.0. The second kappa shape index (κ2) is 7.82. The molecule has 1 aliphatic heterocycles. The van der Waals surface area contributed by atoms with Gasteiger partial charge in [0.25, 0.3) is 5.91 Å². The van der Waals surface area contributed by atoms with Crippen LogP contribution in [0.4, 0.5) is 10.1 Å². The first kappa shape index (κ1) is 18.2. The largest absolute Gasteiger partial charge is 0.382 e. The van der Waals surface area contributed by atoms with Crippen LogP contribution in [0.2, 0.25) is 5.02 Å². The molecule has 1 unspecified atom stereocenters. The lowest BCUT2D eigenvalue weighted by atomic mass is 10.0. The van der Waals surface area contributed by atoms with E-state index < -0.39 is 6.10 Å². The fourth-order valence-electron chi connectivity index (χ4n) is 2.86. The zero-order valence-electron chi connectivity index (χ0n) is 14.7. The van der Waals surface area contributed by atoms with E-state index in [1.807, 2.05) is 24.3 Å². The number of oxime groups is 1. The van der Waals surface area contributed by atoms with Crippen LogP contribution in [-0.2, 0) is 16.2 Å². The van der Waals surface area contributed by atoms with Gasteiger partial charge in [-0.1, -0.05) is 41.0 Å². The number of rotatable bonds is 5. The third kappa shape index (κ3) is 4.20. The highest BCUT2D eigenvalue weighted by molar-refractivity contribution is 6.30. The third-order valence-corrected chi connectivity index (χ3v) is 4.50. The Labute approximate surface area is 165 Å². The Hall–Kier alpha value is -3.19. The van der Waals surface area contributed by atoms with E-state index in [1.165, 1.54) is 12.1 Å². The van der Waals surface area contributed by atoms with Crippen LogP contribution >= 0.6 is 11.6 Å². The molecule has 8 heteroatoms. The van der Waals surface area contributed by atoms with Gasteiger partial charge in [0.05, 0.1) is 23.5 Å². The van der Waals surface area contributed by atoms with Crippen molar-refractivity contribution in [3.05, 3.63) is 82.9 Å². The average molecular weight is 399 g/mol. The van der Waals surface area contributed by atoms with E-state index in [0.29, 0.717) is 29.4 Å². The fraction of sp³-hybridized carbons (Fsp3) is 0.150. The number of aromatic nitrogens is 2. The number of anilines is 1. The third-order valence-electron chi connectivity index (χ3n) is 4.31. The number of carbonyl (C=O) groups is 1. The van der Waals surface area contributed by atoms with Crippen LogP contribution in [0.1, 0.15) is 17.5 Å². The van der Waals surface area contributed by atoms with Gasteiger partial charge in [0.2, 0.25) is 6.10 Å². The topological polar surface area (TPSA) is 68.5 Å². The molecule has 1 aromatic heterocycles. The normalized spacial score (nSPS) is 15.8. The van der Waals surface area contributed by atoms with E-state index in [1.54, 1.807) is 29.2 Å². The Morgan fingerprint density at radius 3 is 2.64 bits per heavy atom. The SMILES string of the molecule is O=C(Nc1ccc(Cn2cc(Cl)cn2)cc1)C1CC(c2ccc(F)cc2)=NO1. The van der Waals surface area contributed by atoms with E-state index in [4.69, 9.17) is 16.4 Å². The molecule has 28 heavy (non-hydrogen) atoms. The van der Waals surface area contributed by atoms with Gasteiger partial charge in [0.15, 0.2) is 0 Å². The fourth-order valence-corrected chi connectivity index (χ4v) is 3.02. The van der Waals surface area contributed by atoms with E-state index in [9.17, 15) is 9.18 Å². The van der Waals surface area contributed by atoms with Crippen LogP contribution in [0.3, 0.4) is 0 Å². The molecule has 0 radical (unpaired) electrons. The van der Waals surface area contributed by atoms with Crippen molar-refractivity contribution < 1.29 is 14.0 Å². The average Bonchev–Trinajstić information content (AvgIpc) is 3.33. The zero-order valence-corrected chi connectivity index (χ0v) is 15.4. The second-order valence-corrected chi connectivity index (χ2v) is 6.82. The van der Waals surface area contributed by atoms with E-state index >= 15 is 0 Å². The number of carbonyl (C=O) groups excluding carboxylic acids is 1. The molecule has 0 bridgehead atoms. The van der Waals surface area contributed by atoms with Crippen molar-refractivity contribution in [2.75, 3.05) is 5.32 Å². The Morgan fingerprint density at radius 2 is 1.96 bits per heavy atom. The molecule has 1 N–H and O–H groups in total. The number of amides is 1. The summed E-state index contributed by atoms with van der Waals surface area (Å²) >= 11 is 5.86. The standard InChI is InChI=1S/C20H16ClFN4O2/c21-15-10-23-26(12-15)11-13-1-7-17(8-2-13)24-20(27)19-9-18(25-28-19)14-3-5-16(22)6-4-14/h1-8,10,12,19H,9,11H2,(H,24,27). The van der Waals surface area contributed by atoms with Crippen molar-refractivity contribution in [3.63, 3.8) is 0 Å². The van der Waals surface area contributed by atoms with Gasteiger partial charge in [-0.3, -0.25) is 9.48 Å². The monoisotopic (exact) mass is 398 g/mol. The predicted octanol–water partition coefficient (Wildman–Crippen LogP) is 3.86. The van der Waals surface area contributed by atoms with Crippen LogP contribution in [0.5, 0.6) is 0 Å². The van der Waals surface area contributed by atoms with Crippen LogP contribution in [-0.4, -0.2) is 27.5 Å². The smallest absolute Gasteiger partial charge is 0.268 e. The molecule has 142 valence electrons. The molecule has 1 atom stereocenters. The Bertz CT molecular complexity index is 1020. The molecule has 1 aliphatic rings. The highest BCUT2D eigenvalue weighted by Gasteiger charge is 2.28. The van der Waals surface area contributed by atoms with Gasteiger partial charge in [-0.05, 0) is 35.4 Å². The summed E-state index contributed by atoms with van der Waals surface area (Å²) in [7, 11) is 0. The van der Waals surface area contributed by atoms with Crippen LogP contribution in [0.25, 0.3) is 0 Å². The molecule has 2 aromatic carbocycles. The molecule has 6 nitrogen and oxygen atoms in total. The summed E-state index contributed by atoms with van der Waals surface area (Å²) in [5.41, 5.74) is 3.04. The maximum Gasteiger partial charge on any atom is 0.268 e. The number of nitrogens with one attached hydrogen (secondary N) is 1. The predicted molar refractivity (Wildman–Crippen MR) is 104 cm³/mol. The number of hydrogen-bond donors (Lipinski definition) is 1. The molecule has 0 saturated heterocycles. The summed E-state index contributed by atoms with van der Waals surface area (Å²) in [6.07, 6.45) is 2.94. The van der Waals surface area contributed by atoms with Gasteiger partial charge in [0.1, 0.15) is 5.82 Å². The molecule has 2 heterocycles. The summed E-state index contributed by atoms with van der Waals surface area (Å²) in [5, 5.41) is 11.5. The zero-order chi connectivity index (χ0) is 19.5. The van der Waals surface area contributed by atoms with Crippen molar-refractivity contribution in [2.45, 2.75) is 19.1 Å². The van der Waals surface area contributed by atoms with Crippen LogP contribution in [0, 0.1) is 5.82 Å². The molecule has 0 spiro atoms. The van der Waals surface area contributed by atoms with Crippen LogP contribution < -0.4 is 5.32 Å². The van der Waals surface area contributed by atoms with Crippen molar-refractivity contribution in [3.8, 4) is 0 Å². The van der Waals surface area contributed by atoms with E-state index in [2.05, 4.69) is 15.6 Å². The minimum atomic E-state index is -0.717. The quantitative estimate of drug-likeness (QED) is 0.709. The van der Waals surface area contributed by atoms with Crippen molar-refractivity contribution in [1.29, 1.82) is 0 Å². The van der Waals surface area contributed by atoms with Gasteiger partial charge >= 0.3 is 0 Å². The highest BCUT2D eigenvalue weighted by Crippen LogP contribution is 2.19. The molecular weight excluding hydrogens is 383 g/mol. The molecule has 4 rings (SSSR count). The lowest BCUT2D eigenvalue weighted by molar-refractivity contribution is -0.125. The number of hydrogen-bond acceptors (Lipinski definition) is 4. The summed E-state index contributed by atoms with van der Waals surface area (Å²) in [5.74, 6) is -0.607. The lowest BCUT2D eigenvalue weighted by Gasteiger charge is -2.10. The number of nitrogens with zero attached hydrogens (tertiary/aromatic N) is 3. The first-order valence-electron chi connectivity index (χ1n) is 8.63. The van der Waals surface area contributed by atoms with Gasteiger partial charge in [-0.2, -0.15) is 5.10 Å². The number of benzene rings is 2. The Balaban J connectivity index is 1.33. The minimum absolute atomic E-state index is 0.285. The minimum Gasteiger partial charge on any atom is -0.382 e. The van der Waals surface area contributed by atoms with Gasteiger partial charge in [-0.25, -0.2) is 4.39 Å². The maximum atomic E-state index is 13.0. The first-order chi connectivity index (χ1) is 13.6. The summed E-state index contributed by atoms with van der Waals surface area (Å²) in [6, 6.07) is 13.4. The van der Waals surface area contributed by atoms with Gasteiger partial charge in [0, 0.05) is 18.3 Å². The highest BCUT2D eigenvalue weighted by atomic mass is 35.5. The first-order valence-corrected chi connectivity index (χ1v) is 9.01. The molecule has 1 amide bonds. The van der Waals surface area contributed by atoms with Crippen molar-refractivity contribution in [1.82, 2.24) is 9.78 Å². The summed E-state index contributed by atoms with van der Waals surface area (Å²) in [4.78, 5) is 17.7. The van der Waals surface area contributed by atoms with E-state index in [0.717, 1.165) is 11.1 Å². The summed E-state index contributed by atoms with van der Waals surface area (Å²) in [6.45, 7) is 0.585. The molecule has 0 saturated carbocycles. The van der Waals surface area contributed by atoms with Crippen LogP contribution in [0.15, 0.2) is 66.1 Å². The van der Waals surface area contributed by atoms with Gasteiger partial charge in [-0.15, -0.1) is 0 Å². The lowest BCUT2D eigenvalue weighted by Crippen LogP contribution is -2.28. The van der Waals surface area contributed by atoms with Crippen molar-refractivity contribution in [2.24, 2.45) is 5.16 Å². The molecular formula is C20H16ClFN4O2. The number of halogens is 2. The Kier molecular flexibility index (Phi) is 5.08. The van der Waals surface area contributed by atoms with Gasteiger partial charge < -0.3 is 10.2 Å².